The van der Waals surface area contributed by atoms with E-state index in [-0.39, 0.29) is 161 Å². The second-order valence-electron chi connectivity index (χ2n) is 22.7. The van der Waals surface area contributed by atoms with Crippen molar-refractivity contribution in [3.63, 3.8) is 0 Å². The van der Waals surface area contributed by atoms with Crippen LogP contribution in [0.5, 0.6) is 0 Å². The maximum absolute atomic E-state index is 9.54. The van der Waals surface area contributed by atoms with Gasteiger partial charge in [0.05, 0.1) is 0 Å². The van der Waals surface area contributed by atoms with Gasteiger partial charge in [-0.3, -0.25) is 0 Å². The van der Waals surface area contributed by atoms with E-state index in [0.717, 1.165) is 38.9 Å². The molecule has 0 bridgehead atoms. The van der Waals surface area contributed by atoms with E-state index in [9.17, 15) is 10.0 Å². The predicted molar refractivity (Wildman–Crippen MR) is 440 cm³/mol. The summed E-state index contributed by atoms with van der Waals surface area (Å²) < 4.78 is 183. The molecule has 0 saturated carbocycles. The maximum atomic E-state index is 9.54. The van der Waals surface area contributed by atoms with E-state index in [4.69, 9.17) is 56.7 Å². The summed E-state index contributed by atoms with van der Waals surface area (Å²) in [5, 5.41) is 23.3. The van der Waals surface area contributed by atoms with Crippen molar-refractivity contribution in [3.8, 4) is 79.2 Å². The van der Waals surface area contributed by atoms with Crippen molar-refractivity contribution in [1.82, 2.24) is 29.9 Å². The first-order chi connectivity index (χ1) is 60.4. The van der Waals surface area contributed by atoms with Crippen LogP contribution in [0.25, 0.3) is 156 Å². The van der Waals surface area contributed by atoms with E-state index in [2.05, 4.69) is 87.7 Å². The molecule has 20 aromatic rings. The molecule has 0 aliphatic rings. The van der Waals surface area contributed by atoms with Crippen LogP contribution in [0.15, 0.2) is 351 Å². The first-order valence-electron chi connectivity index (χ1n) is 43.0. The number of rotatable bonds is 8. The summed E-state index contributed by atoms with van der Waals surface area (Å²) in [7, 11) is -2.01. The van der Waals surface area contributed by atoms with Crippen LogP contribution in [0.3, 0.4) is 0 Å². The second-order valence-corrected chi connectivity index (χ2v) is 31.8. The fourth-order valence-electron chi connectivity index (χ4n) is 11.3. The van der Waals surface area contributed by atoms with E-state index in [0.29, 0.717) is 59.1 Å². The van der Waals surface area contributed by atoms with Crippen LogP contribution < -0.4 is 5.46 Å². The van der Waals surface area contributed by atoms with Crippen molar-refractivity contribution < 1.29 is 40.2 Å². The van der Waals surface area contributed by atoms with Gasteiger partial charge in [-0.05, 0) is 22.7 Å². The molecule has 0 aliphatic heterocycles. The van der Waals surface area contributed by atoms with E-state index in [1.54, 1.807) is 0 Å². The third kappa shape index (κ3) is 15.0. The molecule has 0 radical (unpaired) electrons. The Labute approximate surface area is 661 Å². The number of aromatic nitrogens is 6. The molecule has 6 heterocycles. The predicted octanol–water partition coefficient (Wildman–Crippen LogP) is 20.3. The van der Waals surface area contributed by atoms with Gasteiger partial charge in [0, 0.05) is 11.1 Å². The molecule has 0 fully saturated rings. The molecule has 496 valence electrons. The summed E-state index contributed by atoms with van der Waals surface area (Å²) in [6, 6.07) is 65.9. The summed E-state index contributed by atoms with van der Waals surface area (Å²) >= 11 is 4.69. The molecular weight excluding hydrogens is 1560 g/mol. The van der Waals surface area contributed by atoms with Gasteiger partial charge in [0.25, 0.3) is 0 Å². The van der Waals surface area contributed by atoms with E-state index >= 15 is 0 Å². The van der Waals surface area contributed by atoms with Gasteiger partial charge in [-0.2, -0.15) is 9.97 Å². The Bertz CT molecular complexity index is 7620. The van der Waals surface area contributed by atoms with E-state index < -0.39 is 80.8 Å². The Balaban J connectivity index is 0.000000123. The van der Waals surface area contributed by atoms with Crippen molar-refractivity contribution in [2.75, 3.05) is 0 Å². The van der Waals surface area contributed by atoms with Gasteiger partial charge in [-0.25, -0.2) is 4.98 Å². The van der Waals surface area contributed by atoms with Gasteiger partial charge in [0.15, 0.2) is 11.6 Å². The summed E-state index contributed by atoms with van der Waals surface area (Å²) in [4.78, 5) is 27.4. The summed E-state index contributed by atoms with van der Waals surface area (Å²) in [6.07, 6.45) is 0. The Morgan fingerprint density at radius 1 is 0.250 bits per heavy atom. The number of fused-ring (bicyclic) bond motifs is 12. The number of halogens is 1. The van der Waals surface area contributed by atoms with Crippen LogP contribution in [0, 0.1) is 0 Å². The third-order valence-electron chi connectivity index (χ3n) is 16.2. The van der Waals surface area contributed by atoms with E-state index in [1.807, 2.05) is 146 Å². The van der Waals surface area contributed by atoms with Crippen molar-refractivity contribution in [3.05, 3.63) is 357 Å². The zero-order valence-electron chi connectivity index (χ0n) is 76.0. The van der Waals surface area contributed by atoms with Crippen LogP contribution in [0.2, 0.25) is 5.28 Å². The van der Waals surface area contributed by atoms with Crippen molar-refractivity contribution in [2.45, 2.75) is 0 Å². The number of hydrogen-bond acceptors (Lipinski definition) is 8. The third-order valence-corrected chi connectivity index (χ3v) is 25.7. The molecule has 0 saturated heterocycles. The van der Waals surface area contributed by atoms with E-state index in [1.165, 1.54) is 24.9 Å². The molecule has 14 heteroatoms. The number of nitrogens with zero attached hydrogens (tertiary/aromatic N) is 6. The number of hydrogen-bond donors (Lipinski definition) is 2. The monoisotopic (exact) mass is 1640 g/mol. The van der Waals surface area contributed by atoms with Crippen LogP contribution >= 0.6 is 11.6 Å². The van der Waals surface area contributed by atoms with Crippen molar-refractivity contribution >= 4 is 159 Å². The average molecular weight is 1640 g/mol. The molecule has 104 heavy (non-hydrogen) atoms. The molecule has 8 nitrogen and oxygen atoms in total. The molecule has 14 aromatic carbocycles. The normalized spacial score (nSPS) is 14.0. The Morgan fingerprint density at radius 3 is 0.990 bits per heavy atom. The van der Waals surface area contributed by atoms with Gasteiger partial charge in [0.2, 0.25) is 5.28 Å². The molecular formula is C90H60BClN6O2Se4. The second kappa shape index (κ2) is 31.6. The van der Waals surface area contributed by atoms with Crippen molar-refractivity contribution in [1.29, 1.82) is 0 Å². The number of benzene rings is 14. The summed E-state index contributed by atoms with van der Waals surface area (Å²) in [6.45, 7) is 0. The molecule has 0 atom stereocenters. The van der Waals surface area contributed by atoms with Crippen LogP contribution in [0.1, 0.15) is 30.2 Å². The van der Waals surface area contributed by atoms with Crippen LogP contribution in [-0.2, 0) is 0 Å². The fourth-order valence-corrected chi connectivity index (χ4v) is 20.2. The Kier molecular flexibility index (Phi) is 14.3. The van der Waals surface area contributed by atoms with Gasteiger partial charge in [-0.1, -0.05) is 91.0 Å². The molecule has 2 N–H and O–H groups in total. The summed E-state index contributed by atoms with van der Waals surface area (Å²) in [5.41, 5.74) is 7.75. The Hall–Kier alpha value is -10.5. The van der Waals surface area contributed by atoms with Gasteiger partial charge >= 0.3 is 509 Å². The van der Waals surface area contributed by atoms with Crippen LogP contribution in [0.4, 0.5) is 0 Å². The van der Waals surface area contributed by atoms with Crippen molar-refractivity contribution in [2.24, 2.45) is 0 Å². The first kappa shape index (κ1) is 46.9. The zero-order valence-corrected chi connectivity index (χ0v) is 61.6. The minimum absolute atomic E-state index is 0.108. The quantitative estimate of drug-likeness (QED) is 0.145. The van der Waals surface area contributed by atoms with Gasteiger partial charge < -0.3 is 0 Å². The minimum atomic E-state index is -2.01. The first-order valence-corrected chi connectivity index (χ1v) is 39.2. The standard InChI is InChI=1S/C33H21N3Se.C21H14ClN3.C12H9BO2Se.2C12H8Se/c1-3-10-22(11-4-1)23-18-20-25(21-19-23)32-34-31(24-12-5-2-6-13-24)35-33(36-32)28-16-9-15-27-26-14-7-8-17-29(26)37-30(27)28;22-21-24-19(17-9-5-2-6-10-17)23-20(25-21)18-13-11-16(12-14-18)15-7-3-1-4-8-15;14-13(15)10-6-3-5-9-8-4-1-2-7-11(8)16-12(9)10;2*1-3-7-11-9(5-1)10-6-2-4-8-12(10)13-11/h1-21H;1-14H;1-7,14-15H;2*1-8H/i7D,8D,9D,14D,15D,16D,17D;;1D,2D,3D,4D,5D,6D,7D;1D,2D,3D,4D,5D,6D,7D,8D;. The SMILES string of the molecule is Clc1nc(-c2ccccc2)nc(-c2ccc(-c3ccccc3)cc2)n1.[2H]c1c([2H])c([2H])c2c([se]c3c(-c4nc(-c5ccccc5)nc(-c5ccc(-c6ccccc6)cc5)n4)c([2H])c([2H])c([2H])c32)c1[2H].[2H]c1c([2H])c([2H])c2c([se]c3c(B(O)O)c([2H])c([2H])c([2H])c32)c1[2H].[2H]c1c([2H])c([2H])c2c([se]c3c([2H])c([2H])c([2H])c([2H])c32)c1[2H].c1ccc2c(c1)[se]c1ccccc12. The zero-order chi connectivity index (χ0) is 89.3. The molecule has 6 aromatic heterocycles. The molecule has 20 rings (SSSR count). The molecule has 0 aliphatic carbocycles. The van der Waals surface area contributed by atoms with Gasteiger partial charge in [-0.15, -0.1) is 0 Å². The molecule has 0 amide bonds. The topological polar surface area (TPSA) is 118 Å². The van der Waals surface area contributed by atoms with Crippen LogP contribution in [-0.4, -0.2) is 105 Å². The summed E-state index contributed by atoms with van der Waals surface area (Å²) in [5.74, 6) is 2.04. The average Bonchev–Trinajstić information content (AvgIpc) is 1.58. The molecule has 0 unspecified atom stereocenters. The Morgan fingerprint density at radius 2 is 0.548 bits per heavy atom. The molecule has 0 spiro atoms. The van der Waals surface area contributed by atoms with Gasteiger partial charge in [0.1, 0.15) is 0 Å². The fraction of sp³-hybridized carbons (Fsp3) is 0.